The Morgan fingerprint density at radius 2 is 2.00 bits per heavy atom. The van der Waals surface area contributed by atoms with Crippen LogP contribution in [0.3, 0.4) is 0 Å². The van der Waals surface area contributed by atoms with Gasteiger partial charge in [-0.2, -0.15) is 0 Å². The van der Waals surface area contributed by atoms with Gasteiger partial charge in [-0.3, -0.25) is 4.79 Å². The Balaban J connectivity index is 2.94. The van der Waals surface area contributed by atoms with Gasteiger partial charge in [-0.15, -0.1) is 0 Å². The Morgan fingerprint density at radius 1 is 1.35 bits per heavy atom. The molecule has 1 fully saturated rings. The summed E-state index contributed by atoms with van der Waals surface area (Å²) in [4.78, 5) is 11.9. The fourth-order valence-corrected chi connectivity index (χ4v) is 2.25. The third kappa shape index (κ3) is 6.75. The lowest BCUT2D eigenvalue weighted by Gasteiger charge is -2.36. The van der Waals surface area contributed by atoms with E-state index in [0.29, 0.717) is 19.1 Å². The van der Waals surface area contributed by atoms with Crippen molar-refractivity contribution in [3.05, 3.63) is 0 Å². The summed E-state index contributed by atoms with van der Waals surface area (Å²) < 4.78 is 23.3. The molecule has 1 heterocycles. The molecule has 6 nitrogen and oxygen atoms in total. The second kappa shape index (κ2) is 8.97. The maximum absolute atomic E-state index is 11.9. The lowest BCUT2D eigenvalue weighted by atomic mass is 10.0. The molecule has 0 amide bonds. The van der Waals surface area contributed by atoms with Crippen molar-refractivity contribution in [3.8, 4) is 0 Å². The molecule has 0 aliphatic carbocycles. The van der Waals surface area contributed by atoms with Gasteiger partial charge >= 0.3 is 5.97 Å². The Labute approximate surface area is 140 Å². The van der Waals surface area contributed by atoms with Gasteiger partial charge in [0, 0.05) is 6.61 Å². The van der Waals surface area contributed by atoms with Crippen molar-refractivity contribution in [2.75, 3.05) is 19.8 Å². The zero-order chi connectivity index (χ0) is 17.6. The molecule has 136 valence electrons. The van der Waals surface area contributed by atoms with Crippen LogP contribution in [0.25, 0.3) is 0 Å². The van der Waals surface area contributed by atoms with Gasteiger partial charge in [0.2, 0.25) is 0 Å². The van der Waals surface area contributed by atoms with E-state index in [1.807, 2.05) is 20.8 Å². The normalized spacial score (nSPS) is 30.5. The molecule has 0 aromatic rings. The number of rotatable bonds is 6. The van der Waals surface area contributed by atoms with Gasteiger partial charge in [0.15, 0.2) is 0 Å². The topological polar surface area (TPSA) is 80.0 Å². The number of nitrogens with two attached hydrogens (primary N) is 1. The van der Waals surface area contributed by atoms with Crippen LogP contribution in [0.15, 0.2) is 0 Å². The van der Waals surface area contributed by atoms with Crippen LogP contribution >= 0.6 is 0 Å². The standard InChI is InChI=1S/C17H33NO5/c1-7-17(5,6)23-14-10-20-9-13(18)16(19)22-12(4)15(14)21-8-11(2)3/h11-15H,7-10,18H2,1-6H3/t12-,13-,14-,15-/m0/s1. The molecule has 1 rings (SSSR count). The molecule has 0 aromatic heterocycles. The van der Waals surface area contributed by atoms with Gasteiger partial charge in [0.1, 0.15) is 24.4 Å². The Hall–Kier alpha value is -0.690. The highest BCUT2D eigenvalue weighted by atomic mass is 16.6. The van der Waals surface area contributed by atoms with Crippen LogP contribution in [-0.4, -0.2) is 55.7 Å². The smallest absolute Gasteiger partial charge is 0.325 e. The van der Waals surface area contributed by atoms with Crippen LogP contribution in [0.1, 0.15) is 48.0 Å². The van der Waals surface area contributed by atoms with Crippen molar-refractivity contribution in [2.24, 2.45) is 11.7 Å². The van der Waals surface area contributed by atoms with Gasteiger partial charge in [-0.1, -0.05) is 20.8 Å². The van der Waals surface area contributed by atoms with Crippen LogP contribution in [0.5, 0.6) is 0 Å². The zero-order valence-electron chi connectivity index (χ0n) is 15.3. The molecule has 0 saturated carbocycles. The summed E-state index contributed by atoms with van der Waals surface area (Å²) in [6, 6.07) is -0.777. The minimum atomic E-state index is -0.777. The summed E-state index contributed by atoms with van der Waals surface area (Å²) in [7, 11) is 0. The maximum Gasteiger partial charge on any atom is 0.325 e. The average Bonchev–Trinajstić information content (AvgIpc) is 2.49. The number of carbonyl (C=O) groups is 1. The van der Waals surface area contributed by atoms with Crippen molar-refractivity contribution < 1.29 is 23.7 Å². The van der Waals surface area contributed by atoms with Crippen LogP contribution < -0.4 is 5.73 Å². The van der Waals surface area contributed by atoms with E-state index in [-0.39, 0.29) is 18.3 Å². The summed E-state index contributed by atoms with van der Waals surface area (Å²) in [5, 5.41) is 0. The molecule has 1 saturated heterocycles. The van der Waals surface area contributed by atoms with Crippen LogP contribution in [-0.2, 0) is 23.7 Å². The van der Waals surface area contributed by atoms with Gasteiger partial charge < -0.3 is 24.7 Å². The average molecular weight is 331 g/mol. The molecule has 0 spiro atoms. The zero-order valence-corrected chi connectivity index (χ0v) is 15.3. The monoisotopic (exact) mass is 331 g/mol. The molecule has 6 heteroatoms. The first-order valence-corrected chi connectivity index (χ1v) is 8.49. The number of hydrogen-bond donors (Lipinski definition) is 1. The summed E-state index contributed by atoms with van der Waals surface area (Å²) in [6.45, 7) is 13.1. The molecule has 0 unspecified atom stereocenters. The first-order chi connectivity index (χ1) is 10.7. The van der Waals surface area contributed by atoms with E-state index >= 15 is 0 Å². The SMILES string of the molecule is CCC(C)(C)O[C@H]1COC[C@H](N)C(=O)O[C@@H](C)[C@@H]1OCC(C)C. The van der Waals surface area contributed by atoms with Gasteiger partial charge in [-0.25, -0.2) is 0 Å². The number of cyclic esters (lactones) is 1. The lowest BCUT2D eigenvalue weighted by Crippen LogP contribution is -2.48. The Bertz CT molecular complexity index is 372. The van der Waals surface area contributed by atoms with Crippen LogP contribution in [0.2, 0.25) is 0 Å². The second-order valence-corrected chi connectivity index (χ2v) is 7.25. The number of ether oxygens (including phenoxy) is 4. The first-order valence-electron chi connectivity index (χ1n) is 8.49. The highest BCUT2D eigenvalue weighted by Gasteiger charge is 2.37. The molecular formula is C17H33NO5. The number of hydrogen-bond acceptors (Lipinski definition) is 6. The van der Waals surface area contributed by atoms with E-state index in [9.17, 15) is 4.79 Å². The van der Waals surface area contributed by atoms with Crippen LogP contribution in [0.4, 0.5) is 0 Å². The van der Waals surface area contributed by atoms with Crippen molar-refractivity contribution >= 4 is 5.97 Å². The molecule has 4 atom stereocenters. The summed E-state index contributed by atoms with van der Waals surface area (Å²) in [6.07, 6.45) is -0.311. The van der Waals surface area contributed by atoms with E-state index in [1.54, 1.807) is 0 Å². The second-order valence-electron chi connectivity index (χ2n) is 7.25. The maximum atomic E-state index is 11.9. The van der Waals surface area contributed by atoms with Crippen molar-refractivity contribution in [1.29, 1.82) is 0 Å². The predicted molar refractivity (Wildman–Crippen MR) is 88.2 cm³/mol. The molecule has 1 aliphatic rings. The van der Waals surface area contributed by atoms with Gasteiger partial charge in [-0.05, 0) is 33.1 Å². The van der Waals surface area contributed by atoms with Crippen molar-refractivity contribution in [3.63, 3.8) is 0 Å². The molecule has 0 bridgehead atoms. The number of esters is 1. The fraction of sp³-hybridized carbons (Fsp3) is 0.941. The molecule has 0 radical (unpaired) electrons. The first kappa shape index (κ1) is 20.4. The van der Waals surface area contributed by atoms with Crippen molar-refractivity contribution in [2.45, 2.75) is 77.9 Å². The molecule has 1 aliphatic heterocycles. The van der Waals surface area contributed by atoms with E-state index in [4.69, 9.17) is 24.7 Å². The number of carbonyl (C=O) groups excluding carboxylic acids is 1. The fourth-order valence-electron chi connectivity index (χ4n) is 2.25. The third-order valence-corrected chi connectivity index (χ3v) is 3.96. The van der Waals surface area contributed by atoms with Crippen molar-refractivity contribution in [1.82, 2.24) is 0 Å². The van der Waals surface area contributed by atoms with E-state index in [2.05, 4.69) is 20.8 Å². The Morgan fingerprint density at radius 3 is 2.57 bits per heavy atom. The highest BCUT2D eigenvalue weighted by molar-refractivity contribution is 5.75. The third-order valence-electron chi connectivity index (χ3n) is 3.96. The van der Waals surface area contributed by atoms with Gasteiger partial charge in [0.05, 0.1) is 18.8 Å². The Kier molecular flexibility index (Phi) is 7.94. The van der Waals surface area contributed by atoms with E-state index in [1.165, 1.54) is 0 Å². The molecule has 2 N–H and O–H groups in total. The molecule has 0 aromatic carbocycles. The van der Waals surface area contributed by atoms with Gasteiger partial charge in [0.25, 0.3) is 0 Å². The minimum Gasteiger partial charge on any atom is -0.459 e. The molecule has 23 heavy (non-hydrogen) atoms. The minimum absolute atomic E-state index is 0.120. The summed E-state index contributed by atoms with van der Waals surface area (Å²) in [5.74, 6) is -0.0976. The van der Waals surface area contributed by atoms with Crippen LogP contribution in [0, 0.1) is 5.92 Å². The molecular weight excluding hydrogens is 298 g/mol. The highest BCUT2D eigenvalue weighted by Crippen LogP contribution is 2.23. The summed E-state index contributed by atoms with van der Waals surface area (Å²) >= 11 is 0. The lowest BCUT2D eigenvalue weighted by molar-refractivity contribution is -0.188. The predicted octanol–water partition coefficient (Wildman–Crippen LogP) is 1.89. The summed E-state index contributed by atoms with van der Waals surface area (Å²) in [5.41, 5.74) is 5.45. The van der Waals surface area contributed by atoms with E-state index in [0.717, 1.165) is 6.42 Å². The largest absolute Gasteiger partial charge is 0.459 e. The quantitative estimate of drug-likeness (QED) is 0.749. The van der Waals surface area contributed by atoms with E-state index < -0.39 is 24.2 Å².